The first-order valence-corrected chi connectivity index (χ1v) is 15.2. The Labute approximate surface area is 253 Å². The van der Waals surface area contributed by atoms with Crippen LogP contribution in [0.4, 0.5) is 30.7 Å². The third-order valence-electron chi connectivity index (χ3n) is 7.23. The van der Waals surface area contributed by atoms with Crippen molar-refractivity contribution < 1.29 is 43.9 Å². The Balaban J connectivity index is 1.85. The van der Waals surface area contributed by atoms with Gasteiger partial charge >= 0.3 is 12.4 Å². The molecule has 0 spiro atoms. The van der Waals surface area contributed by atoms with Crippen molar-refractivity contribution in [2.45, 2.75) is 38.7 Å². The maximum atomic E-state index is 13.9. The minimum absolute atomic E-state index is 0.0661. The SMILES string of the molecule is CCS(=O)(=O)CCN(C(=O)Cc1ccc(F)c(C(F)(F)F)c1)[C@H](C)c1nc2cc(C(F)(F)F)ccn2c1-c1ccc(C#N)cc1. The zero-order chi connectivity index (χ0) is 33.3. The van der Waals surface area contributed by atoms with Gasteiger partial charge in [0.1, 0.15) is 11.5 Å². The maximum Gasteiger partial charge on any atom is 0.419 e. The van der Waals surface area contributed by atoms with Gasteiger partial charge in [-0.1, -0.05) is 25.1 Å². The van der Waals surface area contributed by atoms with Crippen LogP contribution < -0.4 is 0 Å². The number of aromatic nitrogens is 2. The van der Waals surface area contributed by atoms with Gasteiger partial charge in [0.25, 0.3) is 0 Å². The molecule has 1 amide bonds. The first kappa shape index (κ1) is 33.4. The molecule has 4 rings (SSSR count). The number of sulfone groups is 1. The number of nitrogens with zero attached hydrogens (tertiary/aromatic N) is 4. The first-order valence-electron chi connectivity index (χ1n) is 13.4. The average molecular weight is 655 g/mol. The van der Waals surface area contributed by atoms with Gasteiger partial charge in [0.2, 0.25) is 5.91 Å². The number of amides is 1. The van der Waals surface area contributed by atoms with Gasteiger partial charge in [-0.25, -0.2) is 17.8 Å². The Morgan fingerprint density at radius 1 is 1.02 bits per heavy atom. The normalized spacial score (nSPS) is 13.1. The number of fused-ring (bicyclic) bond motifs is 1. The van der Waals surface area contributed by atoms with Crippen molar-refractivity contribution in [3.8, 4) is 17.3 Å². The van der Waals surface area contributed by atoms with E-state index in [4.69, 9.17) is 0 Å². The van der Waals surface area contributed by atoms with Crippen molar-refractivity contribution in [1.29, 1.82) is 5.26 Å². The second-order valence-corrected chi connectivity index (χ2v) is 12.6. The lowest BCUT2D eigenvalue weighted by molar-refractivity contribution is -0.140. The number of hydrogen-bond acceptors (Lipinski definition) is 5. The van der Waals surface area contributed by atoms with E-state index < -0.39 is 69.8 Å². The fourth-order valence-electron chi connectivity index (χ4n) is 4.76. The van der Waals surface area contributed by atoms with Gasteiger partial charge in [-0.15, -0.1) is 0 Å². The van der Waals surface area contributed by atoms with Crippen molar-refractivity contribution in [2.75, 3.05) is 18.1 Å². The molecule has 0 aliphatic heterocycles. The van der Waals surface area contributed by atoms with Crippen LogP contribution >= 0.6 is 0 Å². The number of benzene rings is 2. The number of hydrogen-bond donors (Lipinski definition) is 0. The minimum Gasteiger partial charge on any atom is -0.333 e. The summed E-state index contributed by atoms with van der Waals surface area (Å²) in [5.41, 5.74) is -1.90. The van der Waals surface area contributed by atoms with Crippen LogP contribution in [-0.2, 0) is 33.4 Å². The Bertz CT molecular complexity index is 1880. The molecule has 15 heteroatoms. The maximum absolute atomic E-state index is 13.9. The average Bonchev–Trinajstić information content (AvgIpc) is 3.36. The lowest BCUT2D eigenvalue weighted by atomic mass is 10.0. The summed E-state index contributed by atoms with van der Waals surface area (Å²) in [5, 5.41) is 9.21. The predicted octanol–water partition coefficient (Wildman–Crippen LogP) is 6.62. The van der Waals surface area contributed by atoms with Gasteiger partial charge < -0.3 is 4.90 Å². The van der Waals surface area contributed by atoms with Gasteiger partial charge in [0.15, 0.2) is 9.84 Å². The van der Waals surface area contributed by atoms with E-state index in [9.17, 15) is 49.2 Å². The molecule has 0 saturated carbocycles. The number of carbonyl (C=O) groups excluding carboxylic acids is 1. The van der Waals surface area contributed by atoms with Crippen LogP contribution in [0.2, 0.25) is 0 Å². The molecule has 2 aromatic carbocycles. The summed E-state index contributed by atoms with van der Waals surface area (Å²) in [6.45, 7) is 2.44. The van der Waals surface area contributed by atoms with Crippen LogP contribution in [0.1, 0.15) is 47.8 Å². The molecule has 0 bridgehead atoms. The van der Waals surface area contributed by atoms with E-state index in [1.165, 1.54) is 42.5 Å². The molecule has 238 valence electrons. The molecule has 0 unspecified atom stereocenters. The van der Waals surface area contributed by atoms with E-state index in [1.807, 2.05) is 6.07 Å². The van der Waals surface area contributed by atoms with Crippen molar-refractivity contribution >= 4 is 21.4 Å². The molecule has 0 N–H and O–H groups in total. The van der Waals surface area contributed by atoms with E-state index in [1.54, 1.807) is 0 Å². The van der Waals surface area contributed by atoms with Gasteiger partial charge in [-0.05, 0) is 48.9 Å². The van der Waals surface area contributed by atoms with Gasteiger partial charge in [0, 0.05) is 24.1 Å². The summed E-state index contributed by atoms with van der Waals surface area (Å²) in [6.07, 6.45) is -9.26. The fourth-order valence-corrected chi connectivity index (χ4v) is 5.52. The molecular weight excluding hydrogens is 629 g/mol. The van der Waals surface area contributed by atoms with Gasteiger partial charge in [0.05, 0.1) is 52.4 Å². The topological polar surface area (TPSA) is 95.5 Å². The number of imidazole rings is 1. The molecule has 0 radical (unpaired) electrons. The molecule has 4 aromatic rings. The van der Waals surface area contributed by atoms with Crippen molar-refractivity contribution in [2.24, 2.45) is 0 Å². The minimum atomic E-state index is -5.03. The summed E-state index contributed by atoms with van der Waals surface area (Å²) >= 11 is 0. The first-order chi connectivity index (χ1) is 20.9. The Morgan fingerprint density at radius 3 is 2.27 bits per heavy atom. The van der Waals surface area contributed by atoms with E-state index in [-0.39, 0.29) is 28.4 Å². The molecule has 1 atom stereocenters. The molecule has 7 nitrogen and oxygen atoms in total. The molecule has 0 aliphatic rings. The lowest BCUT2D eigenvalue weighted by Crippen LogP contribution is -2.38. The summed E-state index contributed by atoms with van der Waals surface area (Å²) in [6, 6.07) is 10.5. The summed E-state index contributed by atoms with van der Waals surface area (Å²) in [5.74, 6) is -3.14. The monoisotopic (exact) mass is 654 g/mol. The quantitative estimate of drug-likeness (QED) is 0.189. The highest BCUT2D eigenvalue weighted by molar-refractivity contribution is 7.91. The number of rotatable bonds is 9. The number of nitriles is 1. The van der Waals surface area contributed by atoms with Crippen molar-refractivity contribution in [1.82, 2.24) is 14.3 Å². The highest BCUT2D eigenvalue weighted by Crippen LogP contribution is 2.36. The van der Waals surface area contributed by atoms with E-state index in [2.05, 4.69) is 4.98 Å². The highest BCUT2D eigenvalue weighted by Gasteiger charge is 2.35. The third kappa shape index (κ3) is 7.44. The number of carbonyl (C=O) groups is 1. The van der Waals surface area contributed by atoms with Crippen molar-refractivity contribution in [3.63, 3.8) is 0 Å². The number of halogens is 7. The fraction of sp³-hybridized carbons (Fsp3) is 0.300. The van der Waals surface area contributed by atoms with Crippen LogP contribution in [0.25, 0.3) is 16.9 Å². The lowest BCUT2D eigenvalue weighted by Gasteiger charge is -2.29. The molecule has 2 heterocycles. The second-order valence-electron chi connectivity index (χ2n) is 10.2. The van der Waals surface area contributed by atoms with Crippen LogP contribution in [0.15, 0.2) is 60.8 Å². The van der Waals surface area contributed by atoms with Gasteiger partial charge in [-0.2, -0.15) is 31.6 Å². The zero-order valence-corrected chi connectivity index (χ0v) is 24.6. The van der Waals surface area contributed by atoms with Crippen LogP contribution in [0, 0.1) is 17.1 Å². The highest BCUT2D eigenvalue weighted by atomic mass is 32.2. The second kappa shape index (κ2) is 12.5. The molecule has 45 heavy (non-hydrogen) atoms. The summed E-state index contributed by atoms with van der Waals surface area (Å²) in [4.78, 5) is 19.1. The van der Waals surface area contributed by atoms with Crippen molar-refractivity contribution in [3.05, 3.63) is 94.6 Å². The third-order valence-corrected chi connectivity index (χ3v) is 8.91. The molecular formula is C30H25F7N4O3S. The number of pyridine rings is 1. The molecule has 0 saturated heterocycles. The smallest absolute Gasteiger partial charge is 0.333 e. The van der Waals surface area contributed by atoms with E-state index >= 15 is 0 Å². The molecule has 0 aliphatic carbocycles. The molecule has 0 fully saturated rings. The number of alkyl halides is 6. The molecule has 2 aromatic heterocycles. The van der Waals surface area contributed by atoms with Crippen LogP contribution in [0.3, 0.4) is 0 Å². The zero-order valence-electron chi connectivity index (χ0n) is 23.7. The standard InChI is InChI=1S/C30H25F7N4O3S/c1-3-45(43,44)13-12-40(26(42)15-20-6-9-24(31)23(14-20)30(35,36)37)18(2)27-28(21-7-4-19(17-38)5-8-21)41-11-10-22(29(32,33)34)16-25(41)39-27/h4-11,14,16,18H,3,12-13,15H2,1-2H3/t18-/m1/s1. The summed E-state index contributed by atoms with van der Waals surface area (Å²) < 4.78 is 121. The van der Waals surface area contributed by atoms with Crippen LogP contribution in [-0.4, -0.2) is 46.7 Å². The largest absolute Gasteiger partial charge is 0.419 e. The predicted molar refractivity (Wildman–Crippen MR) is 150 cm³/mol. The Morgan fingerprint density at radius 2 is 1.69 bits per heavy atom. The van der Waals surface area contributed by atoms with E-state index in [0.717, 1.165) is 29.3 Å². The van der Waals surface area contributed by atoms with E-state index in [0.29, 0.717) is 23.3 Å². The Hall–Kier alpha value is -4.45. The van der Waals surface area contributed by atoms with Gasteiger partial charge in [-0.3, -0.25) is 9.20 Å². The Kier molecular flexibility index (Phi) is 9.30. The summed E-state index contributed by atoms with van der Waals surface area (Å²) in [7, 11) is -3.66. The van der Waals surface area contributed by atoms with Crippen LogP contribution in [0.5, 0.6) is 0 Å².